The van der Waals surface area contributed by atoms with Crippen LogP contribution in [0, 0.1) is 0 Å². The Balaban J connectivity index is 2.23. The Hall–Kier alpha value is -1.76. The maximum absolute atomic E-state index is 11.6. The van der Waals surface area contributed by atoms with Crippen LogP contribution in [0.3, 0.4) is 0 Å². The summed E-state index contributed by atoms with van der Waals surface area (Å²) in [6.45, 7) is 0.778. The van der Waals surface area contributed by atoms with Gasteiger partial charge in [-0.3, -0.25) is 14.6 Å². The molecule has 20 heavy (non-hydrogen) atoms. The van der Waals surface area contributed by atoms with E-state index in [0.29, 0.717) is 5.69 Å². The van der Waals surface area contributed by atoms with Crippen LogP contribution in [0.15, 0.2) is 18.3 Å². The van der Waals surface area contributed by atoms with Gasteiger partial charge in [-0.05, 0) is 12.1 Å². The average Bonchev–Trinajstić information content (AvgIpc) is 2.46. The van der Waals surface area contributed by atoms with E-state index in [1.807, 2.05) is 6.07 Å². The van der Waals surface area contributed by atoms with Gasteiger partial charge in [0, 0.05) is 43.0 Å². The van der Waals surface area contributed by atoms with Crippen LogP contribution < -0.4 is 10.2 Å². The molecule has 6 nitrogen and oxygen atoms in total. The zero-order valence-electron chi connectivity index (χ0n) is 11.2. The van der Waals surface area contributed by atoms with Crippen LogP contribution in [-0.4, -0.2) is 53.1 Å². The maximum Gasteiger partial charge on any atom is 0.305 e. The molecule has 2 rings (SSSR count). The lowest BCUT2D eigenvalue weighted by Crippen LogP contribution is -2.43. The molecular weight excluding hydrogens is 278 g/mol. The van der Waals surface area contributed by atoms with Crippen molar-refractivity contribution in [2.45, 2.75) is 12.5 Å². The Bertz CT molecular complexity index is 509. The standard InChI is InChI=1S/C13H17N3O3S/c1-14-13(19)11-6-9(2-3-15-11)16-4-5-20-8-10(16)7-12(17)18/h2-3,6,10H,4-5,7-8H2,1H3,(H,14,19)(H,17,18). The molecule has 1 aliphatic rings. The Morgan fingerprint density at radius 3 is 3.10 bits per heavy atom. The highest BCUT2D eigenvalue weighted by molar-refractivity contribution is 7.99. The molecule has 1 aliphatic heterocycles. The zero-order valence-corrected chi connectivity index (χ0v) is 12.0. The van der Waals surface area contributed by atoms with E-state index in [4.69, 9.17) is 5.11 Å². The zero-order chi connectivity index (χ0) is 14.5. The minimum Gasteiger partial charge on any atom is -0.481 e. The Morgan fingerprint density at radius 2 is 2.40 bits per heavy atom. The number of carbonyl (C=O) groups excluding carboxylic acids is 1. The third kappa shape index (κ3) is 3.41. The van der Waals surface area contributed by atoms with Crippen LogP contribution in [0.2, 0.25) is 0 Å². The fraction of sp³-hybridized carbons (Fsp3) is 0.462. The largest absolute Gasteiger partial charge is 0.481 e. The van der Waals surface area contributed by atoms with E-state index in [2.05, 4.69) is 15.2 Å². The predicted molar refractivity (Wildman–Crippen MR) is 78.3 cm³/mol. The van der Waals surface area contributed by atoms with E-state index in [0.717, 1.165) is 23.7 Å². The number of anilines is 1. The average molecular weight is 295 g/mol. The van der Waals surface area contributed by atoms with Crippen molar-refractivity contribution in [1.82, 2.24) is 10.3 Å². The van der Waals surface area contributed by atoms with Crippen molar-refractivity contribution < 1.29 is 14.7 Å². The highest BCUT2D eigenvalue weighted by Crippen LogP contribution is 2.26. The van der Waals surface area contributed by atoms with Gasteiger partial charge in [0.25, 0.3) is 5.91 Å². The number of thioether (sulfide) groups is 1. The summed E-state index contributed by atoms with van der Waals surface area (Å²) in [5.74, 6) is 0.689. The summed E-state index contributed by atoms with van der Waals surface area (Å²) < 4.78 is 0. The van der Waals surface area contributed by atoms with Crippen LogP contribution in [-0.2, 0) is 4.79 Å². The number of hydrogen-bond acceptors (Lipinski definition) is 5. The molecular formula is C13H17N3O3S. The Morgan fingerprint density at radius 1 is 1.60 bits per heavy atom. The maximum atomic E-state index is 11.6. The summed E-state index contributed by atoms with van der Waals surface area (Å²) >= 11 is 1.76. The fourth-order valence-electron chi connectivity index (χ4n) is 2.22. The highest BCUT2D eigenvalue weighted by Gasteiger charge is 2.25. The molecule has 0 radical (unpaired) electrons. The minimum atomic E-state index is -0.803. The van der Waals surface area contributed by atoms with Gasteiger partial charge in [0.1, 0.15) is 5.69 Å². The number of carbonyl (C=O) groups is 2. The van der Waals surface area contributed by atoms with Gasteiger partial charge in [-0.15, -0.1) is 0 Å². The van der Waals surface area contributed by atoms with Gasteiger partial charge in [-0.25, -0.2) is 0 Å². The van der Waals surface area contributed by atoms with Crippen LogP contribution >= 0.6 is 11.8 Å². The number of rotatable bonds is 4. The van der Waals surface area contributed by atoms with Gasteiger partial charge in [-0.2, -0.15) is 11.8 Å². The third-order valence-corrected chi connectivity index (χ3v) is 4.26. The van der Waals surface area contributed by atoms with Crippen LogP contribution in [0.1, 0.15) is 16.9 Å². The smallest absolute Gasteiger partial charge is 0.305 e. The Labute approximate surface area is 121 Å². The number of aromatic nitrogens is 1. The lowest BCUT2D eigenvalue weighted by atomic mass is 10.1. The van der Waals surface area contributed by atoms with E-state index in [9.17, 15) is 9.59 Å². The predicted octanol–water partition coefficient (Wildman–Crippen LogP) is 0.838. The highest BCUT2D eigenvalue weighted by atomic mass is 32.2. The first kappa shape index (κ1) is 14.6. The van der Waals surface area contributed by atoms with Crippen molar-refractivity contribution >= 4 is 29.3 Å². The number of pyridine rings is 1. The van der Waals surface area contributed by atoms with Crippen molar-refractivity contribution in [1.29, 1.82) is 0 Å². The molecule has 1 aromatic rings. The van der Waals surface area contributed by atoms with Gasteiger partial charge in [-0.1, -0.05) is 0 Å². The molecule has 2 N–H and O–H groups in total. The molecule has 0 saturated carbocycles. The van der Waals surface area contributed by atoms with Crippen molar-refractivity contribution in [3.05, 3.63) is 24.0 Å². The SMILES string of the molecule is CNC(=O)c1cc(N2CCSCC2CC(=O)O)ccn1. The Kier molecular flexibility index (Phi) is 4.84. The molecule has 1 saturated heterocycles. The summed E-state index contributed by atoms with van der Waals surface area (Å²) in [5.41, 5.74) is 1.20. The van der Waals surface area contributed by atoms with Crippen molar-refractivity contribution in [3.8, 4) is 0 Å². The third-order valence-electron chi connectivity index (χ3n) is 3.17. The number of nitrogens with zero attached hydrogens (tertiary/aromatic N) is 2. The molecule has 1 amide bonds. The second-order valence-electron chi connectivity index (χ2n) is 4.50. The summed E-state index contributed by atoms with van der Waals surface area (Å²) in [5, 5.41) is 11.5. The number of carboxylic acid groups (broad SMARTS) is 1. The first-order valence-corrected chi connectivity index (χ1v) is 7.51. The van der Waals surface area contributed by atoms with Gasteiger partial charge >= 0.3 is 5.97 Å². The van der Waals surface area contributed by atoms with Crippen LogP contribution in [0.4, 0.5) is 5.69 Å². The van der Waals surface area contributed by atoms with Crippen molar-refractivity contribution in [2.24, 2.45) is 0 Å². The van der Waals surface area contributed by atoms with Crippen molar-refractivity contribution in [3.63, 3.8) is 0 Å². The number of nitrogens with one attached hydrogen (secondary N) is 1. The summed E-state index contributed by atoms with van der Waals surface area (Å²) in [4.78, 5) is 28.7. The van der Waals surface area contributed by atoms with E-state index >= 15 is 0 Å². The van der Waals surface area contributed by atoms with Crippen LogP contribution in [0.25, 0.3) is 0 Å². The molecule has 0 spiro atoms. The lowest BCUT2D eigenvalue weighted by Gasteiger charge is -2.36. The van der Waals surface area contributed by atoms with Gasteiger partial charge in [0.05, 0.1) is 6.42 Å². The van der Waals surface area contributed by atoms with Gasteiger partial charge in [0.15, 0.2) is 0 Å². The molecule has 1 aromatic heterocycles. The number of amides is 1. The normalized spacial score (nSPS) is 18.6. The van der Waals surface area contributed by atoms with E-state index in [1.54, 1.807) is 31.1 Å². The number of hydrogen-bond donors (Lipinski definition) is 2. The lowest BCUT2D eigenvalue weighted by molar-refractivity contribution is -0.137. The van der Waals surface area contributed by atoms with E-state index < -0.39 is 5.97 Å². The summed E-state index contributed by atoms with van der Waals surface area (Å²) in [6.07, 6.45) is 1.68. The van der Waals surface area contributed by atoms with Gasteiger partial charge in [0.2, 0.25) is 0 Å². The summed E-state index contributed by atoms with van der Waals surface area (Å²) in [6, 6.07) is 3.48. The number of carboxylic acids is 1. The molecule has 0 aromatic carbocycles. The topological polar surface area (TPSA) is 82.5 Å². The molecule has 1 fully saturated rings. The quantitative estimate of drug-likeness (QED) is 0.856. The van der Waals surface area contributed by atoms with Crippen LogP contribution in [0.5, 0.6) is 0 Å². The molecule has 2 heterocycles. The second-order valence-corrected chi connectivity index (χ2v) is 5.65. The molecule has 0 aliphatic carbocycles. The van der Waals surface area contributed by atoms with E-state index in [-0.39, 0.29) is 18.4 Å². The van der Waals surface area contributed by atoms with Crippen molar-refractivity contribution in [2.75, 3.05) is 30.0 Å². The monoisotopic (exact) mass is 295 g/mol. The minimum absolute atomic E-state index is 0.0498. The van der Waals surface area contributed by atoms with E-state index in [1.165, 1.54) is 0 Å². The van der Waals surface area contributed by atoms with Gasteiger partial charge < -0.3 is 15.3 Å². The molecule has 0 bridgehead atoms. The first-order chi connectivity index (χ1) is 9.61. The molecule has 7 heteroatoms. The fourth-order valence-corrected chi connectivity index (χ4v) is 3.28. The first-order valence-electron chi connectivity index (χ1n) is 6.36. The molecule has 1 unspecified atom stereocenters. The molecule has 108 valence electrons. The summed E-state index contributed by atoms with van der Waals surface area (Å²) in [7, 11) is 1.56. The number of aliphatic carboxylic acids is 1. The second kappa shape index (κ2) is 6.60. The molecule has 1 atom stereocenters.